The van der Waals surface area contributed by atoms with Gasteiger partial charge < -0.3 is 5.32 Å². The number of thiophene rings is 1. The maximum absolute atomic E-state index is 3.51. The van der Waals surface area contributed by atoms with Gasteiger partial charge in [-0.15, -0.1) is 11.3 Å². The fourth-order valence-corrected chi connectivity index (χ4v) is 3.11. The smallest absolute Gasteiger partial charge is 0.0506 e. The predicted octanol–water partition coefficient (Wildman–Crippen LogP) is 2.13. The Morgan fingerprint density at radius 3 is 3.18 bits per heavy atom. The molecule has 1 aromatic heterocycles. The lowest BCUT2D eigenvalue weighted by atomic mass is 10.3. The molecule has 0 radical (unpaired) electrons. The van der Waals surface area contributed by atoms with Crippen molar-refractivity contribution in [3.8, 4) is 0 Å². The van der Waals surface area contributed by atoms with Crippen LogP contribution in [0.3, 0.4) is 0 Å². The van der Waals surface area contributed by atoms with Crippen LogP contribution in [0.5, 0.6) is 0 Å². The van der Waals surface area contributed by atoms with Crippen LogP contribution in [0.4, 0.5) is 0 Å². The molecule has 1 atom stereocenters. The summed E-state index contributed by atoms with van der Waals surface area (Å²) in [6, 6.07) is 4.96. The molecule has 0 bridgehead atoms. The molecule has 1 aromatic rings. The molecule has 11 heavy (non-hydrogen) atoms. The van der Waals surface area contributed by atoms with Gasteiger partial charge in [-0.05, 0) is 11.4 Å². The van der Waals surface area contributed by atoms with Crippen LogP contribution in [-0.4, -0.2) is 18.1 Å². The van der Waals surface area contributed by atoms with Gasteiger partial charge in [-0.25, -0.2) is 0 Å². The Morgan fingerprint density at radius 2 is 2.55 bits per heavy atom. The van der Waals surface area contributed by atoms with Crippen molar-refractivity contribution in [3.63, 3.8) is 0 Å². The highest BCUT2D eigenvalue weighted by Gasteiger charge is 2.14. The first kappa shape index (κ1) is 7.65. The highest BCUT2D eigenvalue weighted by atomic mass is 32.2. The molecule has 2 heterocycles. The molecule has 0 aromatic carbocycles. The second kappa shape index (κ2) is 3.61. The first-order chi connectivity index (χ1) is 5.47. The first-order valence-electron chi connectivity index (χ1n) is 3.81. The van der Waals surface area contributed by atoms with E-state index in [1.807, 2.05) is 23.1 Å². The summed E-state index contributed by atoms with van der Waals surface area (Å²) in [5.41, 5.74) is 0. The van der Waals surface area contributed by atoms with Crippen LogP contribution in [0.25, 0.3) is 0 Å². The van der Waals surface area contributed by atoms with Gasteiger partial charge in [-0.1, -0.05) is 6.07 Å². The molecule has 3 heteroatoms. The zero-order chi connectivity index (χ0) is 7.52. The van der Waals surface area contributed by atoms with E-state index in [4.69, 9.17) is 0 Å². The van der Waals surface area contributed by atoms with Crippen molar-refractivity contribution in [1.82, 2.24) is 5.32 Å². The van der Waals surface area contributed by atoms with Gasteiger partial charge in [-0.3, -0.25) is 0 Å². The van der Waals surface area contributed by atoms with E-state index < -0.39 is 0 Å². The molecule has 1 fully saturated rings. The number of thioether (sulfide) groups is 1. The summed E-state index contributed by atoms with van der Waals surface area (Å²) in [5.74, 6) is 2.50. The maximum Gasteiger partial charge on any atom is 0.0506 e. The van der Waals surface area contributed by atoms with Crippen molar-refractivity contribution in [3.05, 3.63) is 22.4 Å². The molecule has 1 nitrogen and oxygen atoms in total. The van der Waals surface area contributed by atoms with Crippen molar-refractivity contribution in [1.29, 1.82) is 0 Å². The second-order valence-corrected chi connectivity index (χ2v) is 4.73. The standard InChI is InChI=1S/C8H11NS2/c1-2-8(11-4-1)7-6-10-5-3-9-7/h1-2,4,7,9H,3,5-6H2. The van der Waals surface area contributed by atoms with Gasteiger partial charge in [0.25, 0.3) is 0 Å². The third-order valence-electron chi connectivity index (χ3n) is 1.81. The minimum atomic E-state index is 0.619. The minimum Gasteiger partial charge on any atom is -0.308 e. The van der Waals surface area contributed by atoms with E-state index in [1.165, 1.54) is 16.4 Å². The largest absolute Gasteiger partial charge is 0.308 e. The average Bonchev–Trinajstić information content (AvgIpc) is 2.58. The Morgan fingerprint density at radius 1 is 1.55 bits per heavy atom. The Labute approximate surface area is 75.2 Å². The van der Waals surface area contributed by atoms with Crippen molar-refractivity contribution in [2.24, 2.45) is 0 Å². The fourth-order valence-electron chi connectivity index (χ4n) is 1.24. The van der Waals surface area contributed by atoms with E-state index in [0.717, 1.165) is 6.54 Å². The summed E-state index contributed by atoms with van der Waals surface area (Å²) in [6.45, 7) is 1.16. The number of nitrogens with one attached hydrogen (secondary N) is 1. The summed E-state index contributed by atoms with van der Waals surface area (Å²) < 4.78 is 0. The van der Waals surface area contributed by atoms with Gasteiger partial charge in [0, 0.05) is 22.9 Å². The Bertz CT molecular complexity index is 202. The highest BCUT2D eigenvalue weighted by molar-refractivity contribution is 7.99. The predicted molar refractivity (Wildman–Crippen MR) is 52.4 cm³/mol. The van der Waals surface area contributed by atoms with E-state index in [2.05, 4.69) is 22.8 Å². The van der Waals surface area contributed by atoms with E-state index in [9.17, 15) is 0 Å². The SMILES string of the molecule is c1csc(C2CSCCN2)c1. The molecular weight excluding hydrogens is 174 g/mol. The van der Waals surface area contributed by atoms with E-state index in [-0.39, 0.29) is 0 Å². The Kier molecular flexibility index (Phi) is 2.51. The summed E-state index contributed by atoms with van der Waals surface area (Å²) in [6.07, 6.45) is 0. The molecule has 1 saturated heterocycles. The zero-order valence-electron chi connectivity index (χ0n) is 6.25. The Balaban J connectivity index is 2.04. The molecule has 1 unspecified atom stereocenters. The molecule has 0 aliphatic carbocycles. The zero-order valence-corrected chi connectivity index (χ0v) is 7.88. The molecule has 60 valence electrons. The molecule has 1 aliphatic rings. The summed E-state index contributed by atoms with van der Waals surface area (Å²) in [7, 11) is 0. The van der Waals surface area contributed by atoms with Crippen LogP contribution in [0, 0.1) is 0 Å². The molecule has 2 rings (SSSR count). The van der Waals surface area contributed by atoms with Crippen LogP contribution < -0.4 is 5.32 Å². The van der Waals surface area contributed by atoms with E-state index in [1.54, 1.807) is 0 Å². The molecule has 0 amide bonds. The number of hydrogen-bond donors (Lipinski definition) is 1. The quantitative estimate of drug-likeness (QED) is 0.719. The first-order valence-corrected chi connectivity index (χ1v) is 5.85. The lowest BCUT2D eigenvalue weighted by Gasteiger charge is -2.21. The monoisotopic (exact) mass is 185 g/mol. The summed E-state index contributed by atoms with van der Waals surface area (Å²) in [5, 5.41) is 5.66. The van der Waals surface area contributed by atoms with Crippen LogP contribution in [0.15, 0.2) is 17.5 Å². The highest BCUT2D eigenvalue weighted by Crippen LogP contribution is 2.24. The number of hydrogen-bond acceptors (Lipinski definition) is 3. The van der Waals surface area contributed by atoms with Crippen molar-refractivity contribution < 1.29 is 0 Å². The number of rotatable bonds is 1. The van der Waals surface area contributed by atoms with Crippen molar-refractivity contribution >= 4 is 23.1 Å². The van der Waals surface area contributed by atoms with Crippen LogP contribution in [0.1, 0.15) is 10.9 Å². The van der Waals surface area contributed by atoms with Crippen molar-refractivity contribution in [2.75, 3.05) is 18.1 Å². The van der Waals surface area contributed by atoms with Crippen molar-refractivity contribution in [2.45, 2.75) is 6.04 Å². The lowest BCUT2D eigenvalue weighted by molar-refractivity contribution is 0.604. The fraction of sp³-hybridized carbons (Fsp3) is 0.500. The lowest BCUT2D eigenvalue weighted by Crippen LogP contribution is -2.29. The van der Waals surface area contributed by atoms with Gasteiger partial charge in [0.05, 0.1) is 6.04 Å². The third kappa shape index (κ3) is 1.78. The maximum atomic E-state index is 3.51. The molecule has 1 aliphatic heterocycles. The van der Waals surface area contributed by atoms with Gasteiger partial charge >= 0.3 is 0 Å². The summed E-state index contributed by atoms with van der Waals surface area (Å²) in [4.78, 5) is 1.48. The van der Waals surface area contributed by atoms with E-state index >= 15 is 0 Å². The topological polar surface area (TPSA) is 12.0 Å². The van der Waals surface area contributed by atoms with Gasteiger partial charge in [0.1, 0.15) is 0 Å². The summed E-state index contributed by atoms with van der Waals surface area (Å²) >= 11 is 3.90. The Hall–Kier alpha value is 0.01000. The van der Waals surface area contributed by atoms with Crippen LogP contribution in [-0.2, 0) is 0 Å². The molecular formula is C8H11NS2. The van der Waals surface area contributed by atoms with Crippen LogP contribution in [0.2, 0.25) is 0 Å². The van der Waals surface area contributed by atoms with Gasteiger partial charge in [0.15, 0.2) is 0 Å². The van der Waals surface area contributed by atoms with E-state index in [0.29, 0.717) is 6.04 Å². The molecule has 0 saturated carbocycles. The molecule has 0 spiro atoms. The van der Waals surface area contributed by atoms with Gasteiger partial charge in [0.2, 0.25) is 0 Å². The molecule has 1 N–H and O–H groups in total. The second-order valence-electron chi connectivity index (χ2n) is 2.60. The van der Waals surface area contributed by atoms with Gasteiger partial charge in [-0.2, -0.15) is 11.8 Å². The average molecular weight is 185 g/mol. The van der Waals surface area contributed by atoms with Crippen LogP contribution >= 0.6 is 23.1 Å². The normalized spacial score (nSPS) is 25.3. The third-order valence-corrected chi connectivity index (χ3v) is 3.86. The minimum absolute atomic E-state index is 0.619.